The van der Waals surface area contributed by atoms with E-state index >= 15 is 0 Å². The Morgan fingerprint density at radius 2 is 1.26 bits per heavy atom. The highest BCUT2D eigenvalue weighted by Crippen LogP contribution is 2.15. The van der Waals surface area contributed by atoms with Crippen LogP contribution in [-0.4, -0.2) is 66.8 Å². The standard InChI is InChI=1S/C8H6O7S.C6H16N/c9-7(10)4-1-5(8(11)12)3-6(2-4)16(13,14)15;1-6(2)7(3,4)5/h1-3H,(H,9,10)(H,11,12)(H,13,14,15);6H,1-5H3/q;+1. The van der Waals surface area contributed by atoms with E-state index in [-0.39, 0.29) is 0 Å². The summed E-state index contributed by atoms with van der Waals surface area (Å²) < 4.78 is 31.2. The van der Waals surface area contributed by atoms with E-state index in [0.29, 0.717) is 12.1 Å². The van der Waals surface area contributed by atoms with E-state index in [1.54, 1.807) is 0 Å². The van der Waals surface area contributed by atoms with Gasteiger partial charge in [-0.15, -0.1) is 0 Å². The van der Waals surface area contributed by atoms with E-state index in [9.17, 15) is 18.0 Å². The smallest absolute Gasteiger partial charge is 0.335 e. The maximum absolute atomic E-state index is 10.8. The molecule has 0 saturated heterocycles. The molecule has 1 aromatic carbocycles. The third-order valence-corrected chi connectivity index (χ3v) is 4.08. The fraction of sp³-hybridized carbons (Fsp3) is 0.429. The second-order valence-corrected chi connectivity index (χ2v) is 7.46. The average molecular weight is 348 g/mol. The molecular weight excluding hydrogens is 326 g/mol. The molecule has 130 valence electrons. The average Bonchev–Trinajstić information content (AvgIpc) is 2.36. The van der Waals surface area contributed by atoms with Crippen LogP contribution < -0.4 is 0 Å². The van der Waals surface area contributed by atoms with E-state index in [0.717, 1.165) is 16.6 Å². The van der Waals surface area contributed by atoms with Crippen molar-refractivity contribution in [2.45, 2.75) is 24.8 Å². The molecular formula is C14H22NO7S+. The lowest BCUT2D eigenvalue weighted by atomic mass is 10.1. The summed E-state index contributed by atoms with van der Waals surface area (Å²) in [6, 6.07) is 2.87. The predicted octanol–water partition coefficient (Wildman–Crippen LogP) is 1.43. The Bertz CT molecular complexity index is 655. The second kappa shape index (κ2) is 7.53. The third-order valence-electron chi connectivity index (χ3n) is 3.25. The molecule has 0 heterocycles. The van der Waals surface area contributed by atoms with Crippen LogP contribution in [0, 0.1) is 0 Å². The topological polar surface area (TPSA) is 129 Å². The second-order valence-electron chi connectivity index (χ2n) is 6.04. The Balaban J connectivity index is 0.000000585. The van der Waals surface area contributed by atoms with Crippen molar-refractivity contribution in [1.29, 1.82) is 0 Å². The van der Waals surface area contributed by atoms with Crippen molar-refractivity contribution >= 4 is 22.1 Å². The number of hydrogen-bond acceptors (Lipinski definition) is 4. The molecule has 0 fully saturated rings. The summed E-state index contributed by atoms with van der Waals surface area (Å²) >= 11 is 0. The maximum atomic E-state index is 10.8. The summed E-state index contributed by atoms with van der Waals surface area (Å²) in [4.78, 5) is 20.4. The first-order valence-corrected chi connectivity index (χ1v) is 8.00. The Morgan fingerprint density at radius 3 is 1.43 bits per heavy atom. The number of aromatic carboxylic acids is 2. The highest BCUT2D eigenvalue weighted by Gasteiger charge is 2.17. The molecule has 3 N–H and O–H groups in total. The number of quaternary nitrogens is 1. The van der Waals surface area contributed by atoms with Crippen molar-refractivity contribution in [2.24, 2.45) is 0 Å². The molecule has 0 atom stereocenters. The first-order chi connectivity index (χ1) is 10.2. The highest BCUT2D eigenvalue weighted by molar-refractivity contribution is 7.85. The largest absolute Gasteiger partial charge is 0.478 e. The van der Waals surface area contributed by atoms with Crippen LogP contribution in [0.1, 0.15) is 34.6 Å². The molecule has 0 aliphatic rings. The molecule has 0 radical (unpaired) electrons. The Hall–Kier alpha value is -1.97. The van der Waals surface area contributed by atoms with Gasteiger partial charge in [0.1, 0.15) is 0 Å². The van der Waals surface area contributed by atoms with Crippen LogP contribution in [0.2, 0.25) is 0 Å². The van der Waals surface area contributed by atoms with E-state index in [4.69, 9.17) is 14.8 Å². The first-order valence-electron chi connectivity index (χ1n) is 6.56. The number of carbonyl (C=O) groups is 2. The number of nitrogens with zero attached hydrogens (tertiary/aromatic N) is 1. The zero-order chi connectivity index (χ0) is 18.6. The molecule has 9 heteroatoms. The highest BCUT2D eigenvalue weighted by atomic mass is 32.2. The van der Waals surface area contributed by atoms with Crippen LogP contribution in [-0.2, 0) is 10.1 Å². The van der Waals surface area contributed by atoms with Crippen molar-refractivity contribution in [3.05, 3.63) is 29.3 Å². The number of carboxylic acids is 2. The van der Waals surface area contributed by atoms with E-state index in [1.165, 1.54) is 0 Å². The van der Waals surface area contributed by atoms with Gasteiger partial charge in [0.2, 0.25) is 0 Å². The van der Waals surface area contributed by atoms with Gasteiger partial charge in [0.25, 0.3) is 10.1 Å². The molecule has 1 rings (SSSR count). The first kappa shape index (κ1) is 21.0. The zero-order valence-electron chi connectivity index (χ0n) is 13.6. The van der Waals surface area contributed by atoms with Crippen LogP contribution in [0.15, 0.2) is 23.1 Å². The fourth-order valence-electron chi connectivity index (χ4n) is 0.995. The quantitative estimate of drug-likeness (QED) is 0.554. The summed E-state index contributed by atoms with van der Waals surface area (Å²) in [7, 11) is 1.96. The third kappa shape index (κ3) is 7.22. The SMILES string of the molecule is CC(C)[N+](C)(C)C.O=C(O)c1cc(C(=O)O)cc(S(=O)(=O)O)c1. The van der Waals surface area contributed by atoms with E-state index < -0.39 is 38.1 Å². The Labute approximate surface area is 135 Å². The van der Waals surface area contributed by atoms with Crippen LogP contribution in [0.5, 0.6) is 0 Å². The van der Waals surface area contributed by atoms with Gasteiger partial charge in [0, 0.05) is 0 Å². The minimum Gasteiger partial charge on any atom is -0.478 e. The molecule has 0 saturated carbocycles. The van der Waals surface area contributed by atoms with E-state index in [1.807, 2.05) is 0 Å². The molecule has 0 aromatic heterocycles. The monoisotopic (exact) mass is 348 g/mol. The van der Waals surface area contributed by atoms with Gasteiger partial charge >= 0.3 is 11.9 Å². The fourth-order valence-corrected chi connectivity index (χ4v) is 1.55. The molecule has 23 heavy (non-hydrogen) atoms. The molecule has 0 aliphatic carbocycles. The van der Waals surface area contributed by atoms with Gasteiger partial charge in [0.05, 0.1) is 43.2 Å². The van der Waals surface area contributed by atoms with Crippen LogP contribution >= 0.6 is 0 Å². The Kier molecular flexibility index (Phi) is 6.89. The summed E-state index contributed by atoms with van der Waals surface area (Å²) in [5.41, 5.74) is -1.07. The van der Waals surface area contributed by atoms with E-state index in [2.05, 4.69) is 35.0 Å². The van der Waals surface area contributed by atoms with Crippen LogP contribution in [0.4, 0.5) is 0 Å². The predicted molar refractivity (Wildman–Crippen MR) is 83.3 cm³/mol. The minimum absolute atomic E-state index is 0.535. The summed E-state index contributed by atoms with van der Waals surface area (Å²) in [6.45, 7) is 4.44. The lowest BCUT2D eigenvalue weighted by Crippen LogP contribution is -2.41. The molecule has 1 aromatic rings. The maximum Gasteiger partial charge on any atom is 0.335 e. The Morgan fingerprint density at radius 1 is 0.957 bits per heavy atom. The van der Waals surface area contributed by atoms with Crippen molar-refractivity contribution in [2.75, 3.05) is 21.1 Å². The van der Waals surface area contributed by atoms with Crippen molar-refractivity contribution in [3.8, 4) is 0 Å². The molecule has 0 aliphatic heterocycles. The number of carboxylic acid groups (broad SMARTS) is 2. The lowest BCUT2D eigenvalue weighted by Gasteiger charge is -2.28. The molecule has 0 spiro atoms. The van der Waals surface area contributed by atoms with Gasteiger partial charge in [-0.1, -0.05) is 0 Å². The van der Waals surface area contributed by atoms with Crippen LogP contribution in [0.3, 0.4) is 0 Å². The van der Waals surface area contributed by atoms with Gasteiger partial charge in [-0.05, 0) is 32.0 Å². The molecule has 0 bridgehead atoms. The number of benzene rings is 1. The normalized spacial score (nSPS) is 11.6. The van der Waals surface area contributed by atoms with Crippen molar-refractivity contribution in [3.63, 3.8) is 0 Å². The van der Waals surface area contributed by atoms with Gasteiger partial charge in [-0.25, -0.2) is 9.59 Å². The summed E-state index contributed by atoms with van der Waals surface area (Å²) in [5, 5.41) is 17.2. The summed E-state index contributed by atoms with van der Waals surface area (Å²) in [6.07, 6.45) is 0. The van der Waals surface area contributed by atoms with Crippen molar-refractivity contribution < 1.29 is 37.3 Å². The molecule has 8 nitrogen and oxygen atoms in total. The number of hydrogen-bond donors (Lipinski definition) is 3. The van der Waals surface area contributed by atoms with Gasteiger partial charge in [-0.2, -0.15) is 8.42 Å². The molecule has 0 unspecified atom stereocenters. The van der Waals surface area contributed by atoms with Crippen molar-refractivity contribution in [1.82, 2.24) is 0 Å². The summed E-state index contributed by atoms with van der Waals surface area (Å²) in [5.74, 6) is -2.99. The lowest BCUT2D eigenvalue weighted by molar-refractivity contribution is -0.891. The van der Waals surface area contributed by atoms with Gasteiger partial charge in [-0.3, -0.25) is 4.55 Å². The van der Waals surface area contributed by atoms with Gasteiger partial charge < -0.3 is 14.7 Å². The van der Waals surface area contributed by atoms with Crippen LogP contribution in [0.25, 0.3) is 0 Å². The number of rotatable bonds is 4. The minimum atomic E-state index is -4.64. The van der Waals surface area contributed by atoms with Gasteiger partial charge in [0.15, 0.2) is 0 Å². The zero-order valence-corrected chi connectivity index (χ0v) is 14.5. The molecule has 0 amide bonds.